The molecule has 0 saturated carbocycles. The number of benzene rings is 2. The Morgan fingerprint density at radius 2 is 2.00 bits per heavy atom. The lowest BCUT2D eigenvalue weighted by atomic mass is 10.1. The van der Waals surface area contributed by atoms with Gasteiger partial charge in [-0.1, -0.05) is 30.3 Å². The summed E-state index contributed by atoms with van der Waals surface area (Å²) < 4.78 is 7.10. The van der Waals surface area contributed by atoms with E-state index in [2.05, 4.69) is 10.5 Å². The van der Waals surface area contributed by atoms with Gasteiger partial charge >= 0.3 is 0 Å². The maximum Gasteiger partial charge on any atom is 0.259 e. The summed E-state index contributed by atoms with van der Waals surface area (Å²) in [5.41, 5.74) is 5.26. The average molecular weight is 321 g/mol. The third kappa shape index (κ3) is 3.46. The Labute approximate surface area is 140 Å². The molecule has 0 radical (unpaired) electrons. The zero-order chi connectivity index (χ0) is 16.9. The van der Waals surface area contributed by atoms with Gasteiger partial charge in [0.25, 0.3) is 5.91 Å². The smallest absolute Gasteiger partial charge is 0.259 e. The first-order chi connectivity index (χ1) is 11.7. The molecule has 1 aromatic heterocycles. The van der Waals surface area contributed by atoms with E-state index in [-0.39, 0.29) is 12.5 Å². The summed E-state index contributed by atoms with van der Waals surface area (Å²) in [5.74, 6) is 0.589. The van der Waals surface area contributed by atoms with E-state index >= 15 is 0 Å². The number of methoxy groups -OCH3 is 1. The summed E-state index contributed by atoms with van der Waals surface area (Å²) in [7, 11) is 1.62. The molecular formula is C19H19N3O2. The zero-order valence-electron chi connectivity index (χ0n) is 13.7. The number of para-hydroxylation sites is 1. The van der Waals surface area contributed by atoms with Gasteiger partial charge in [-0.2, -0.15) is 5.10 Å². The predicted octanol–water partition coefficient (Wildman–Crippen LogP) is 3.19. The Kier molecular flexibility index (Phi) is 4.61. The number of amides is 1. The number of hydrogen-bond acceptors (Lipinski definition) is 3. The van der Waals surface area contributed by atoms with Crippen molar-refractivity contribution in [1.82, 2.24) is 9.99 Å². The van der Waals surface area contributed by atoms with E-state index in [1.54, 1.807) is 7.11 Å². The largest absolute Gasteiger partial charge is 0.497 e. The van der Waals surface area contributed by atoms with Crippen molar-refractivity contribution in [2.45, 2.75) is 13.5 Å². The van der Waals surface area contributed by atoms with Crippen LogP contribution >= 0.6 is 0 Å². The maximum absolute atomic E-state index is 12.1. The standard InChI is InChI=1S/C19H19N3O2/c1-14(16-7-5-8-17(12-16)24-2)20-21-19(23)13-22-11-10-15-6-3-4-9-18(15)22/h3-12H,13H2,1-2H3,(H,21,23). The van der Waals surface area contributed by atoms with Gasteiger partial charge < -0.3 is 9.30 Å². The van der Waals surface area contributed by atoms with E-state index in [1.165, 1.54) is 0 Å². The Balaban J connectivity index is 1.68. The van der Waals surface area contributed by atoms with Crippen LogP contribution in [0.4, 0.5) is 0 Å². The maximum atomic E-state index is 12.1. The molecule has 1 amide bonds. The van der Waals surface area contributed by atoms with Crippen LogP contribution in [-0.2, 0) is 11.3 Å². The highest BCUT2D eigenvalue weighted by Crippen LogP contribution is 2.15. The fourth-order valence-corrected chi connectivity index (χ4v) is 2.53. The number of hydrogen-bond donors (Lipinski definition) is 1. The first-order valence-corrected chi connectivity index (χ1v) is 7.69. The highest BCUT2D eigenvalue weighted by atomic mass is 16.5. The number of carbonyl (C=O) groups is 1. The second-order valence-electron chi connectivity index (χ2n) is 5.47. The molecule has 0 aliphatic rings. The topological polar surface area (TPSA) is 55.6 Å². The molecule has 0 unspecified atom stereocenters. The molecule has 0 spiro atoms. The normalized spacial score (nSPS) is 11.5. The summed E-state index contributed by atoms with van der Waals surface area (Å²) in [6.45, 7) is 2.07. The van der Waals surface area contributed by atoms with Crippen LogP contribution < -0.4 is 10.2 Å². The summed E-state index contributed by atoms with van der Waals surface area (Å²) >= 11 is 0. The van der Waals surface area contributed by atoms with Gasteiger partial charge in [-0.25, -0.2) is 5.43 Å². The molecule has 1 heterocycles. The first-order valence-electron chi connectivity index (χ1n) is 7.69. The highest BCUT2D eigenvalue weighted by molar-refractivity contribution is 5.99. The number of ether oxygens (including phenoxy) is 1. The van der Waals surface area contributed by atoms with Gasteiger partial charge in [0, 0.05) is 17.3 Å². The fraction of sp³-hybridized carbons (Fsp3) is 0.158. The van der Waals surface area contributed by atoms with E-state index in [0.29, 0.717) is 0 Å². The second-order valence-corrected chi connectivity index (χ2v) is 5.47. The second kappa shape index (κ2) is 7.00. The summed E-state index contributed by atoms with van der Waals surface area (Å²) in [6.07, 6.45) is 1.91. The molecule has 0 atom stereocenters. The van der Waals surface area contributed by atoms with Crippen LogP contribution in [0.25, 0.3) is 10.9 Å². The third-order valence-corrected chi connectivity index (χ3v) is 3.83. The van der Waals surface area contributed by atoms with Crippen LogP contribution in [0.5, 0.6) is 5.75 Å². The van der Waals surface area contributed by atoms with Crippen LogP contribution in [0.15, 0.2) is 65.9 Å². The van der Waals surface area contributed by atoms with Gasteiger partial charge in [0.1, 0.15) is 12.3 Å². The van der Waals surface area contributed by atoms with E-state index in [1.807, 2.05) is 72.3 Å². The SMILES string of the molecule is COc1cccc(C(C)=NNC(=O)Cn2ccc3ccccc32)c1. The molecule has 0 saturated heterocycles. The van der Waals surface area contributed by atoms with Crippen molar-refractivity contribution in [2.24, 2.45) is 5.10 Å². The van der Waals surface area contributed by atoms with Gasteiger partial charge in [0.2, 0.25) is 0 Å². The van der Waals surface area contributed by atoms with Gasteiger partial charge in [-0.3, -0.25) is 4.79 Å². The number of nitrogens with one attached hydrogen (secondary N) is 1. The molecule has 2 aromatic carbocycles. The molecule has 0 aliphatic heterocycles. The minimum atomic E-state index is -0.168. The molecule has 5 heteroatoms. The minimum Gasteiger partial charge on any atom is -0.497 e. The zero-order valence-corrected chi connectivity index (χ0v) is 13.7. The minimum absolute atomic E-state index is 0.168. The van der Waals surface area contributed by atoms with Crippen molar-refractivity contribution >= 4 is 22.5 Å². The van der Waals surface area contributed by atoms with E-state index < -0.39 is 0 Å². The van der Waals surface area contributed by atoms with E-state index in [9.17, 15) is 4.79 Å². The molecule has 5 nitrogen and oxygen atoms in total. The predicted molar refractivity (Wildman–Crippen MR) is 95.3 cm³/mol. The number of nitrogens with zero attached hydrogens (tertiary/aromatic N) is 2. The van der Waals surface area contributed by atoms with Crippen molar-refractivity contribution < 1.29 is 9.53 Å². The van der Waals surface area contributed by atoms with Gasteiger partial charge in [-0.05, 0) is 36.6 Å². The van der Waals surface area contributed by atoms with Gasteiger partial charge in [0.05, 0.1) is 12.8 Å². The highest BCUT2D eigenvalue weighted by Gasteiger charge is 2.06. The van der Waals surface area contributed by atoms with Gasteiger partial charge in [0.15, 0.2) is 0 Å². The molecule has 24 heavy (non-hydrogen) atoms. The van der Waals surface area contributed by atoms with E-state index in [4.69, 9.17) is 4.74 Å². The summed E-state index contributed by atoms with van der Waals surface area (Å²) in [6, 6.07) is 17.5. The van der Waals surface area contributed by atoms with Crippen LogP contribution in [0, 0.1) is 0 Å². The average Bonchev–Trinajstić information content (AvgIpc) is 3.03. The lowest BCUT2D eigenvalue weighted by Crippen LogP contribution is -2.23. The number of aromatic nitrogens is 1. The molecule has 3 rings (SSSR count). The lowest BCUT2D eigenvalue weighted by Gasteiger charge is -2.06. The summed E-state index contributed by atoms with van der Waals surface area (Å²) in [5, 5.41) is 5.29. The number of hydrazone groups is 1. The number of fused-ring (bicyclic) bond motifs is 1. The quantitative estimate of drug-likeness (QED) is 0.579. The molecule has 0 aliphatic carbocycles. The molecule has 0 bridgehead atoms. The Morgan fingerprint density at radius 3 is 2.83 bits per heavy atom. The number of rotatable bonds is 5. The van der Waals surface area contributed by atoms with Crippen LogP contribution in [0.3, 0.4) is 0 Å². The Bertz CT molecular complexity index is 896. The Morgan fingerprint density at radius 1 is 1.17 bits per heavy atom. The van der Waals surface area contributed by atoms with Crippen molar-refractivity contribution in [3.63, 3.8) is 0 Å². The monoisotopic (exact) mass is 321 g/mol. The molecule has 3 aromatic rings. The fourth-order valence-electron chi connectivity index (χ4n) is 2.53. The van der Waals surface area contributed by atoms with Crippen molar-refractivity contribution in [3.05, 3.63) is 66.4 Å². The summed E-state index contributed by atoms with van der Waals surface area (Å²) in [4.78, 5) is 12.1. The van der Waals surface area contributed by atoms with Gasteiger partial charge in [-0.15, -0.1) is 0 Å². The molecule has 0 fully saturated rings. The van der Waals surface area contributed by atoms with Crippen LogP contribution in [0.2, 0.25) is 0 Å². The Hall–Kier alpha value is -3.08. The molecule has 1 N–H and O–H groups in total. The third-order valence-electron chi connectivity index (χ3n) is 3.83. The lowest BCUT2D eigenvalue weighted by molar-refractivity contribution is -0.121. The first kappa shape index (κ1) is 15.8. The van der Waals surface area contributed by atoms with Crippen molar-refractivity contribution in [3.8, 4) is 5.75 Å². The van der Waals surface area contributed by atoms with Crippen LogP contribution in [0.1, 0.15) is 12.5 Å². The van der Waals surface area contributed by atoms with E-state index in [0.717, 1.165) is 27.9 Å². The van der Waals surface area contributed by atoms with Crippen molar-refractivity contribution in [2.75, 3.05) is 7.11 Å². The molecular weight excluding hydrogens is 302 g/mol. The van der Waals surface area contributed by atoms with Crippen LogP contribution in [-0.4, -0.2) is 23.3 Å². The number of carbonyl (C=O) groups excluding carboxylic acids is 1. The molecule has 122 valence electrons. The van der Waals surface area contributed by atoms with Crippen molar-refractivity contribution in [1.29, 1.82) is 0 Å².